The predicted octanol–water partition coefficient (Wildman–Crippen LogP) is 3.36. The summed E-state index contributed by atoms with van der Waals surface area (Å²) in [5, 5.41) is 5.69. The van der Waals surface area contributed by atoms with Crippen LogP contribution in [0, 0.1) is 0 Å². The molecule has 122 valence electrons. The number of para-hydroxylation sites is 1. The normalized spacial score (nSPS) is 11.1. The summed E-state index contributed by atoms with van der Waals surface area (Å²) in [4.78, 5) is 11.8. The van der Waals surface area contributed by atoms with Gasteiger partial charge in [0.25, 0.3) is 5.91 Å². The maximum Gasteiger partial charge on any atom is 0.277 e. The summed E-state index contributed by atoms with van der Waals surface area (Å²) in [6, 6.07) is 14.8. The van der Waals surface area contributed by atoms with Crippen molar-refractivity contribution in [1.82, 2.24) is 9.99 Å². The number of aryl methyl sites for hydroxylation is 1. The van der Waals surface area contributed by atoms with Crippen molar-refractivity contribution in [2.45, 2.75) is 0 Å². The summed E-state index contributed by atoms with van der Waals surface area (Å²) in [6.45, 7) is -0.117. The number of nitrogens with one attached hydrogen (secondary N) is 1. The van der Waals surface area contributed by atoms with Crippen LogP contribution in [-0.2, 0) is 11.8 Å². The number of halogens is 1. The van der Waals surface area contributed by atoms with Gasteiger partial charge in [-0.05, 0) is 30.3 Å². The van der Waals surface area contributed by atoms with Gasteiger partial charge >= 0.3 is 0 Å². The number of fused-ring (bicyclic) bond motifs is 1. The first-order valence-electron chi connectivity index (χ1n) is 7.38. The molecule has 0 aliphatic rings. The first kappa shape index (κ1) is 16.1. The van der Waals surface area contributed by atoms with Gasteiger partial charge in [0.2, 0.25) is 0 Å². The van der Waals surface area contributed by atoms with Crippen LogP contribution in [0.15, 0.2) is 59.8 Å². The second kappa shape index (κ2) is 7.19. The van der Waals surface area contributed by atoms with Crippen molar-refractivity contribution in [1.29, 1.82) is 0 Å². The average molecular weight is 342 g/mol. The Labute approximate surface area is 144 Å². The standard InChI is InChI=1S/C18H16ClN3O2/c1-22-11-13(16-4-2-3-5-17(16)22)10-20-21-18(23)12-24-15-8-6-14(19)7-9-15/h2-11H,12H2,1H3,(H,21,23)/b20-10-. The monoisotopic (exact) mass is 341 g/mol. The Morgan fingerprint density at radius 1 is 1.25 bits per heavy atom. The Morgan fingerprint density at radius 3 is 2.79 bits per heavy atom. The molecule has 1 heterocycles. The van der Waals surface area contributed by atoms with Crippen LogP contribution in [0.4, 0.5) is 0 Å². The van der Waals surface area contributed by atoms with E-state index >= 15 is 0 Å². The highest BCUT2D eigenvalue weighted by Gasteiger charge is 2.04. The fourth-order valence-corrected chi connectivity index (χ4v) is 2.49. The molecule has 1 aromatic heterocycles. The van der Waals surface area contributed by atoms with E-state index in [0.717, 1.165) is 16.5 Å². The van der Waals surface area contributed by atoms with Gasteiger partial charge in [-0.3, -0.25) is 4.79 Å². The fourth-order valence-electron chi connectivity index (χ4n) is 2.36. The number of hydrazone groups is 1. The number of nitrogens with zero attached hydrogens (tertiary/aromatic N) is 2. The minimum absolute atomic E-state index is 0.117. The number of amides is 1. The number of rotatable bonds is 5. The minimum atomic E-state index is -0.332. The van der Waals surface area contributed by atoms with Crippen molar-refractivity contribution < 1.29 is 9.53 Å². The van der Waals surface area contributed by atoms with E-state index < -0.39 is 0 Å². The van der Waals surface area contributed by atoms with Crippen LogP contribution in [0.2, 0.25) is 5.02 Å². The van der Waals surface area contributed by atoms with E-state index in [9.17, 15) is 4.79 Å². The molecule has 5 nitrogen and oxygen atoms in total. The minimum Gasteiger partial charge on any atom is -0.484 e. The molecule has 0 aliphatic carbocycles. The topological polar surface area (TPSA) is 55.6 Å². The zero-order chi connectivity index (χ0) is 16.9. The van der Waals surface area contributed by atoms with E-state index in [1.165, 1.54) is 0 Å². The van der Waals surface area contributed by atoms with Crippen molar-refractivity contribution in [3.05, 3.63) is 65.3 Å². The molecule has 6 heteroatoms. The van der Waals surface area contributed by atoms with Gasteiger partial charge in [0.1, 0.15) is 5.75 Å². The number of carbonyl (C=O) groups is 1. The van der Waals surface area contributed by atoms with Gasteiger partial charge in [-0.25, -0.2) is 5.43 Å². The van der Waals surface area contributed by atoms with E-state index in [0.29, 0.717) is 10.8 Å². The van der Waals surface area contributed by atoms with Crippen LogP contribution < -0.4 is 10.2 Å². The van der Waals surface area contributed by atoms with Gasteiger partial charge in [-0.1, -0.05) is 29.8 Å². The van der Waals surface area contributed by atoms with E-state index in [1.807, 2.05) is 42.1 Å². The maximum absolute atomic E-state index is 11.8. The second-order valence-electron chi connectivity index (χ2n) is 5.25. The maximum atomic E-state index is 11.8. The van der Waals surface area contributed by atoms with Gasteiger partial charge in [-0.15, -0.1) is 0 Å². The number of ether oxygens (including phenoxy) is 1. The molecule has 1 N–H and O–H groups in total. The first-order chi connectivity index (χ1) is 11.6. The molecule has 0 saturated heterocycles. The largest absolute Gasteiger partial charge is 0.484 e. The number of hydrogen-bond donors (Lipinski definition) is 1. The highest BCUT2D eigenvalue weighted by Crippen LogP contribution is 2.18. The van der Waals surface area contributed by atoms with Gasteiger partial charge in [-0.2, -0.15) is 5.10 Å². The lowest BCUT2D eigenvalue weighted by atomic mass is 10.2. The summed E-state index contributed by atoms with van der Waals surface area (Å²) in [7, 11) is 1.97. The average Bonchev–Trinajstić information content (AvgIpc) is 2.91. The lowest BCUT2D eigenvalue weighted by molar-refractivity contribution is -0.123. The fraction of sp³-hybridized carbons (Fsp3) is 0.111. The Kier molecular flexibility index (Phi) is 4.82. The van der Waals surface area contributed by atoms with Crippen molar-refractivity contribution in [2.75, 3.05) is 6.61 Å². The van der Waals surface area contributed by atoms with Crippen LogP contribution in [0.1, 0.15) is 5.56 Å². The Hall–Kier alpha value is -2.79. The molecular weight excluding hydrogens is 326 g/mol. The number of aromatic nitrogens is 1. The molecule has 2 aromatic carbocycles. The molecule has 0 fully saturated rings. The smallest absolute Gasteiger partial charge is 0.277 e. The number of carbonyl (C=O) groups excluding carboxylic acids is 1. The Morgan fingerprint density at radius 2 is 2.00 bits per heavy atom. The summed E-state index contributed by atoms with van der Waals surface area (Å²) in [5.41, 5.74) is 4.50. The molecule has 3 rings (SSSR count). The zero-order valence-electron chi connectivity index (χ0n) is 13.1. The zero-order valence-corrected chi connectivity index (χ0v) is 13.8. The number of benzene rings is 2. The van der Waals surface area contributed by atoms with Gasteiger partial charge < -0.3 is 9.30 Å². The molecule has 24 heavy (non-hydrogen) atoms. The summed E-state index contributed by atoms with van der Waals surface area (Å²) >= 11 is 5.79. The van der Waals surface area contributed by atoms with Gasteiger partial charge in [0, 0.05) is 34.7 Å². The van der Waals surface area contributed by atoms with Crippen LogP contribution in [0.3, 0.4) is 0 Å². The second-order valence-corrected chi connectivity index (χ2v) is 5.68. The first-order valence-corrected chi connectivity index (χ1v) is 7.75. The molecule has 0 radical (unpaired) electrons. The predicted molar refractivity (Wildman–Crippen MR) is 95.6 cm³/mol. The summed E-state index contributed by atoms with van der Waals surface area (Å²) in [5.74, 6) is 0.244. The molecule has 0 bridgehead atoms. The Balaban J connectivity index is 1.57. The highest BCUT2D eigenvalue weighted by molar-refractivity contribution is 6.30. The van der Waals surface area contributed by atoms with Gasteiger partial charge in [0.15, 0.2) is 6.61 Å². The van der Waals surface area contributed by atoms with Crippen molar-refractivity contribution in [3.63, 3.8) is 0 Å². The SMILES string of the molecule is Cn1cc(/C=N\NC(=O)COc2ccc(Cl)cc2)c2ccccc21. The third-order valence-electron chi connectivity index (χ3n) is 3.50. The molecule has 0 aliphatic heterocycles. The van der Waals surface area contributed by atoms with Crippen molar-refractivity contribution in [2.24, 2.45) is 12.1 Å². The lowest BCUT2D eigenvalue weighted by Crippen LogP contribution is -2.24. The summed E-state index contributed by atoms with van der Waals surface area (Å²) < 4.78 is 7.37. The quantitative estimate of drug-likeness (QED) is 0.571. The molecule has 1 amide bonds. The molecule has 0 atom stereocenters. The third kappa shape index (κ3) is 3.75. The van der Waals surface area contributed by atoms with Crippen molar-refractivity contribution in [3.8, 4) is 5.75 Å². The third-order valence-corrected chi connectivity index (χ3v) is 3.76. The molecule has 0 spiro atoms. The summed E-state index contributed by atoms with van der Waals surface area (Å²) in [6.07, 6.45) is 3.59. The molecule has 0 unspecified atom stereocenters. The number of hydrogen-bond acceptors (Lipinski definition) is 3. The van der Waals surface area contributed by atoms with E-state index in [-0.39, 0.29) is 12.5 Å². The van der Waals surface area contributed by atoms with Crippen LogP contribution >= 0.6 is 11.6 Å². The van der Waals surface area contributed by atoms with E-state index in [4.69, 9.17) is 16.3 Å². The van der Waals surface area contributed by atoms with E-state index in [1.54, 1.807) is 30.5 Å². The van der Waals surface area contributed by atoms with Crippen LogP contribution in [0.25, 0.3) is 10.9 Å². The van der Waals surface area contributed by atoms with Crippen molar-refractivity contribution >= 4 is 34.6 Å². The molecule has 0 saturated carbocycles. The molecular formula is C18H16ClN3O2. The van der Waals surface area contributed by atoms with Gasteiger partial charge in [0.05, 0.1) is 6.21 Å². The highest BCUT2D eigenvalue weighted by atomic mass is 35.5. The van der Waals surface area contributed by atoms with Crippen LogP contribution in [0.5, 0.6) is 5.75 Å². The van der Waals surface area contributed by atoms with Crippen LogP contribution in [-0.4, -0.2) is 23.3 Å². The van der Waals surface area contributed by atoms with E-state index in [2.05, 4.69) is 10.5 Å². The lowest BCUT2D eigenvalue weighted by Gasteiger charge is -2.04. The molecule has 3 aromatic rings. The Bertz CT molecular complexity index is 885.